The summed E-state index contributed by atoms with van der Waals surface area (Å²) < 4.78 is 0. The minimum Gasteiger partial charge on any atom is -0.507 e. The highest BCUT2D eigenvalue weighted by molar-refractivity contribution is 6.32. The first-order chi connectivity index (χ1) is 12.8. The number of phenolic OH excluding ortho intramolecular Hbond substituents is 1. The second-order valence-electron chi connectivity index (χ2n) is 6.68. The predicted molar refractivity (Wildman–Crippen MR) is 108 cm³/mol. The zero-order valence-electron chi connectivity index (χ0n) is 15.9. The van der Waals surface area contributed by atoms with Crippen molar-refractivity contribution in [3.8, 4) is 5.75 Å². The van der Waals surface area contributed by atoms with E-state index in [0.717, 1.165) is 24.0 Å². The monoisotopic (exact) mass is 389 g/mol. The topological polar surface area (TPSA) is 88.1 Å². The molecule has 0 amide bonds. The minimum atomic E-state index is -0.552. The lowest BCUT2D eigenvalue weighted by Gasteiger charge is -2.18. The Morgan fingerprint density at radius 3 is 2.04 bits per heavy atom. The lowest BCUT2D eigenvalue weighted by molar-refractivity contribution is -0.384. The lowest BCUT2D eigenvalue weighted by atomic mass is 9.89. The van der Waals surface area contributed by atoms with E-state index in [0.29, 0.717) is 17.1 Å². The summed E-state index contributed by atoms with van der Waals surface area (Å²) in [6.45, 7) is 8.24. The fourth-order valence-electron chi connectivity index (χ4n) is 2.73. The second-order valence-corrected chi connectivity index (χ2v) is 7.09. The van der Waals surface area contributed by atoms with Crippen molar-refractivity contribution in [1.29, 1.82) is 0 Å². The lowest BCUT2D eigenvalue weighted by Crippen LogP contribution is -1.98. The quantitative estimate of drug-likeness (QED) is 0.304. The van der Waals surface area contributed by atoms with Crippen molar-refractivity contribution in [1.82, 2.24) is 0 Å². The highest BCUT2D eigenvalue weighted by Gasteiger charge is 2.18. The third-order valence-corrected chi connectivity index (χ3v) is 5.17. The molecular weight excluding hydrogens is 366 g/mol. The summed E-state index contributed by atoms with van der Waals surface area (Å²) in [4.78, 5) is 10.5. The van der Waals surface area contributed by atoms with E-state index in [2.05, 4.69) is 37.9 Å². The molecule has 2 aromatic rings. The highest BCUT2D eigenvalue weighted by Crippen LogP contribution is 2.40. The van der Waals surface area contributed by atoms with Crippen molar-refractivity contribution in [3.63, 3.8) is 0 Å². The van der Waals surface area contributed by atoms with E-state index < -0.39 is 4.92 Å². The van der Waals surface area contributed by atoms with Crippen LogP contribution in [0, 0.1) is 10.1 Å². The molecular formula is C20H24ClN3O3. The van der Waals surface area contributed by atoms with Crippen LogP contribution in [0.5, 0.6) is 5.75 Å². The van der Waals surface area contributed by atoms with E-state index in [4.69, 9.17) is 11.6 Å². The van der Waals surface area contributed by atoms with Gasteiger partial charge in [0.1, 0.15) is 10.8 Å². The predicted octanol–water partition coefficient (Wildman–Crippen LogP) is 7.40. The van der Waals surface area contributed by atoms with Gasteiger partial charge in [-0.1, -0.05) is 39.3 Å². The maximum absolute atomic E-state index is 11.0. The Morgan fingerprint density at radius 1 is 1.04 bits per heavy atom. The maximum atomic E-state index is 11.0. The summed E-state index contributed by atoms with van der Waals surface area (Å²) in [5, 5.41) is 30.1. The van der Waals surface area contributed by atoms with Gasteiger partial charge in [0.2, 0.25) is 0 Å². The van der Waals surface area contributed by atoms with Crippen LogP contribution in [-0.4, -0.2) is 10.0 Å². The van der Waals surface area contributed by atoms with E-state index in [-0.39, 0.29) is 22.5 Å². The zero-order valence-corrected chi connectivity index (χ0v) is 16.7. The summed E-state index contributed by atoms with van der Waals surface area (Å²) in [7, 11) is 0. The van der Waals surface area contributed by atoms with Gasteiger partial charge in [-0.15, -0.1) is 0 Å². The molecule has 0 aliphatic heterocycles. The average Bonchev–Trinajstić information content (AvgIpc) is 2.66. The van der Waals surface area contributed by atoms with Crippen LogP contribution in [0.4, 0.5) is 17.1 Å². The van der Waals surface area contributed by atoms with E-state index in [1.165, 1.54) is 12.1 Å². The van der Waals surface area contributed by atoms with Crippen molar-refractivity contribution < 1.29 is 10.0 Å². The van der Waals surface area contributed by atoms with Gasteiger partial charge >= 0.3 is 0 Å². The number of halogens is 1. The number of azo groups is 1. The van der Waals surface area contributed by atoms with Crippen LogP contribution in [0.25, 0.3) is 0 Å². The molecule has 2 unspecified atom stereocenters. The van der Waals surface area contributed by atoms with Gasteiger partial charge in [0, 0.05) is 6.07 Å². The minimum absolute atomic E-state index is 0.0571. The van der Waals surface area contributed by atoms with Gasteiger partial charge in [0.15, 0.2) is 0 Å². The molecule has 144 valence electrons. The number of hydrogen-bond acceptors (Lipinski definition) is 5. The van der Waals surface area contributed by atoms with Gasteiger partial charge in [-0.2, -0.15) is 10.2 Å². The molecule has 2 atom stereocenters. The standard InChI is InChI=1S/C20H24ClN3O3/c1-5-12(3)16-9-15(10-17(20(16)25)13(4)6-2)23-22-14-7-8-18(21)19(11-14)24(26)27/h7-13,25H,5-6H2,1-4H3/b23-22+. The first kappa shape index (κ1) is 20.8. The van der Waals surface area contributed by atoms with Crippen molar-refractivity contribution in [2.75, 3.05) is 0 Å². The molecule has 2 aromatic carbocycles. The van der Waals surface area contributed by atoms with Gasteiger partial charge in [-0.25, -0.2) is 0 Å². The molecule has 0 aromatic heterocycles. The first-order valence-electron chi connectivity index (χ1n) is 9.00. The third-order valence-electron chi connectivity index (χ3n) is 4.85. The van der Waals surface area contributed by atoms with Crippen LogP contribution in [0.15, 0.2) is 40.6 Å². The number of nitro groups is 1. The van der Waals surface area contributed by atoms with E-state index in [1.807, 2.05) is 12.1 Å². The van der Waals surface area contributed by atoms with Crippen LogP contribution < -0.4 is 0 Å². The van der Waals surface area contributed by atoms with Gasteiger partial charge in [-0.3, -0.25) is 10.1 Å². The van der Waals surface area contributed by atoms with Crippen molar-refractivity contribution in [2.45, 2.75) is 52.4 Å². The van der Waals surface area contributed by atoms with Crippen molar-refractivity contribution in [3.05, 3.63) is 56.6 Å². The second kappa shape index (κ2) is 8.95. The fourth-order valence-corrected chi connectivity index (χ4v) is 2.92. The summed E-state index contributed by atoms with van der Waals surface area (Å²) in [6, 6.07) is 7.94. The van der Waals surface area contributed by atoms with Gasteiger partial charge in [-0.05, 0) is 60.1 Å². The van der Waals surface area contributed by atoms with Crippen LogP contribution in [0.3, 0.4) is 0 Å². The first-order valence-corrected chi connectivity index (χ1v) is 9.38. The smallest absolute Gasteiger partial charge is 0.290 e. The molecule has 0 spiro atoms. The number of nitrogens with zero attached hydrogens (tertiary/aromatic N) is 3. The summed E-state index contributed by atoms with van der Waals surface area (Å²) >= 11 is 5.83. The van der Waals surface area contributed by atoms with Gasteiger partial charge in [0.25, 0.3) is 5.69 Å². The molecule has 0 aliphatic carbocycles. The molecule has 6 nitrogen and oxygen atoms in total. The van der Waals surface area contributed by atoms with Crippen molar-refractivity contribution in [2.24, 2.45) is 10.2 Å². The normalized spacial score (nSPS) is 13.7. The Kier molecular flexibility index (Phi) is 6.91. The fraction of sp³-hybridized carbons (Fsp3) is 0.400. The SMILES string of the molecule is CCC(C)c1cc(/N=N/c2ccc(Cl)c([N+](=O)[O-])c2)cc(C(C)CC)c1O. The van der Waals surface area contributed by atoms with E-state index in [9.17, 15) is 15.2 Å². The zero-order chi connectivity index (χ0) is 20.1. The summed E-state index contributed by atoms with van der Waals surface area (Å²) in [5.74, 6) is 0.680. The van der Waals surface area contributed by atoms with Crippen molar-refractivity contribution >= 4 is 28.7 Å². The average molecular weight is 390 g/mol. The summed E-state index contributed by atoms with van der Waals surface area (Å²) in [6.07, 6.45) is 1.77. The molecule has 0 saturated heterocycles. The Balaban J connectivity index is 2.47. The number of benzene rings is 2. The van der Waals surface area contributed by atoms with Crippen LogP contribution in [-0.2, 0) is 0 Å². The third kappa shape index (κ3) is 4.83. The number of nitro benzene ring substituents is 1. The van der Waals surface area contributed by atoms with E-state index >= 15 is 0 Å². The Labute approximate surface area is 164 Å². The van der Waals surface area contributed by atoms with Crippen LogP contribution >= 0.6 is 11.6 Å². The molecule has 0 fully saturated rings. The molecule has 27 heavy (non-hydrogen) atoms. The molecule has 0 saturated carbocycles. The molecule has 0 heterocycles. The largest absolute Gasteiger partial charge is 0.507 e. The van der Waals surface area contributed by atoms with E-state index in [1.54, 1.807) is 6.07 Å². The van der Waals surface area contributed by atoms with Gasteiger partial charge < -0.3 is 5.11 Å². The highest BCUT2D eigenvalue weighted by atomic mass is 35.5. The molecule has 0 aliphatic rings. The molecule has 7 heteroatoms. The number of hydrogen-bond donors (Lipinski definition) is 1. The maximum Gasteiger partial charge on any atom is 0.290 e. The number of rotatable bonds is 7. The van der Waals surface area contributed by atoms with Gasteiger partial charge in [0.05, 0.1) is 16.3 Å². The number of phenols is 1. The molecule has 1 N–H and O–H groups in total. The molecule has 2 rings (SSSR count). The Bertz CT molecular complexity index is 837. The summed E-state index contributed by atoms with van der Waals surface area (Å²) in [5.41, 5.74) is 2.42. The Hall–Kier alpha value is -2.47. The molecule has 0 bridgehead atoms. The van der Waals surface area contributed by atoms with Crippen LogP contribution in [0.1, 0.15) is 63.5 Å². The molecule has 0 radical (unpaired) electrons. The van der Waals surface area contributed by atoms with Crippen LogP contribution in [0.2, 0.25) is 5.02 Å². The Morgan fingerprint density at radius 2 is 1.56 bits per heavy atom. The number of aromatic hydroxyl groups is 1.